The molecule has 1 aromatic rings. The van der Waals surface area contributed by atoms with Crippen molar-refractivity contribution in [3.05, 3.63) is 35.4 Å². The standard InChI is InChI=1S/C18H30N2/c1-4-16-6-8-17(9-7-16)18(10-5-15(2)3)20-13-11-19-12-14-20/h6-9,15,18-19H,4-5,10-14H2,1-3H3/t18-/m1/s1. The van der Waals surface area contributed by atoms with Gasteiger partial charge in [0, 0.05) is 32.2 Å². The molecule has 2 heteroatoms. The molecule has 2 nitrogen and oxygen atoms in total. The van der Waals surface area contributed by atoms with Gasteiger partial charge in [0.25, 0.3) is 0 Å². The van der Waals surface area contributed by atoms with E-state index in [0.29, 0.717) is 6.04 Å². The first-order chi connectivity index (χ1) is 9.70. The molecule has 20 heavy (non-hydrogen) atoms. The van der Waals surface area contributed by atoms with E-state index in [4.69, 9.17) is 0 Å². The summed E-state index contributed by atoms with van der Waals surface area (Å²) >= 11 is 0. The van der Waals surface area contributed by atoms with Gasteiger partial charge in [-0.1, -0.05) is 45.0 Å². The van der Waals surface area contributed by atoms with Crippen LogP contribution in [0.2, 0.25) is 0 Å². The summed E-state index contributed by atoms with van der Waals surface area (Å²) in [6, 6.07) is 9.92. The summed E-state index contributed by atoms with van der Waals surface area (Å²) in [7, 11) is 0. The molecule has 1 N–H and O–H groups in total. The maximum atomic E-state index is 3.46. The number of nitrogens with one attached hydrogen (secondary N) is 1. The van der Waals surface area contributed by atoms with Gasteiger partial charge in [0.2, 0.25) is 0 Å². The number of rotatable bonds is 6. The summed E-state index contributed by atoms with van der Waals surface area (Å²) in [6.07, 6.45) is 3.72. The minimum absolute atomic E-state index is 0.602. The van der Waals surface area contributed by atoms with Crippen LogP contribution in [0.15, 0.2) is 24.3 Å². The maximum absolute atomic E-state index is 3.46. The molecular formula is C18H30N2. The topological polar surface area (TPSA) is 15.3 Å². The Hall–Kier alpha value is -0.860. The van der Waals surface area contributed by atoms with Gasteiger partial charge < -0.3 is 5.32 Å². The van der Waals surface area contributed by atoms with E-state index in [2.05, 4.69) is 55.3 Å². The molecule has 0 unspecified atom stereocenters. The minimum Gasteiger partial charge on any atom is -0.314 e. The summed E-state index contributed by atoms with van der Waals surface area (Å²) in [6.45, 7) is 11.5. The zero-order valence-corrected chi connectivity index (χ0v) is 13.4. The average molecular weight is 274 g/mol. The Balaban J connectivity index is 2.10. The van der Waals surface area contributed by atoms with Crippen LogP contribution in [0.3, 0.4) is 0 Å². The maximum Gasteiger partial charge on any atom is 0.0349 e. The van der Waals surface area contributed by atoms with Crippen LogP contribution in [-0.4, -0.2) is 31.1 Å². The summed E-state index contributed by atoms with van der Waals surface area (Å²) < 4.78 is 0. The lowest BCUT2D eigenvalue weighted by atomic mass is 9.95. The summed E-state index contributed by atoms with van der Waals surface area (Å²) in [5.41, 5.74) is 2.95. The van der Waals surface area contributed by atoms with E-state index in [-0.39, 0.29) is 0 Å². The second kappa shape index (κ2) is 7.80. The van der Waals surface area contributed by atoms with Crippen molar-refractivity contribution in [3.8, 4) is 0 Å². The lowest BCUT2D eigenvalue weighted by Gasteiger charge is -2.35. The number of benzene rings is 1. The van der Waals surface area contributed by atoms with Crippen LogP contribution in [0.1, 0.15) is 50.8 Å². The zero-order chi connectivity index (χ0) is 14.4. The van der Waals surface area contributed by atoms with Gasteiger partial charge in [-0.15, -0.1) is 0 Å². The number of hydrogen-bond donors (Lipinski definition) is 1. The Morgan fingerprint density at radius 3 is 2.25 bits per heavy atom. The molecule has 1 fully saturated rings. The predicted molar refractivity (Wildman–Crippen MR) is 87.1 cm³/mol. The van der Waals surface area contributed by atoms with Crippen LogP contribution < -0.4 is 5.32 Å². The Bertz CT molecular complexity index is 377. The molecule has 112 valence electrons. The lowest BCUT2D eigenvalue weighted by molar-refractivity contribution is 0.160. The molecule has 1 heterocycles. The van der Waals surface area contributed by atoms with Crippen LogP contribution in [0.5, 0.6) is 0 Å². The molecule has 1 saturated heterocycles. The normalized spacial score (nSPS) is 18.4. The third-order valence-electron chi connectivity index (χ3n) is 4.38. The molecule has 0 amide bonds. The van der Waals surface area contributed by atoms with Crippen LogP contribution in [0, 0.1) is 5.92 Å². The highest BCUT2D eigenvalue weighted by molar-refractivity contribution is 5.25. The van der Waals surface area contributed by atoms with Crippen molar-refractivity contribution in [2.24, 2.45) is 5.92 Å². The monoisotopic (exact) mass is 274 g/mol. The molecule has 0 bridgehead atoms. The Morgan fingerprint density at radius 2 is 1.70 bits per heavy atom. The van der Waals surface area contributed by atoms with Crippen molar-refractivity contribution in [3.63, 3.8) is 0 Å². The molecular weight excluding hydrogens is 244 g/mol. The molecule has 1 aliphatic heterocycles. The summed E-state index contributed by atoms with van der Waals surface area (Å²) in [5.74, 6) is 0.787. The summed E-state index contributed by atoms with van der Waals surface area (Å²) in [4.78, 5) is 2.67. The highest BCUT2D eigenvalue weighted by Crippen LogP contribution is 2.28. The van der Waals surface area contributed by atoms with Crippen molar-refractivity contribution in [2.45, 2.75) is 46.1 Å². The fourth-order valence-electron chi connectivity index (χ4n) is 3.02. The largest absolute Gasteiger partial charge is 0.314 e. The first-order valence-corrected chi connectivity index (χ1v) is 8.24. The first kappa shape index (κ1) is 15.5. The van der Waals surface area contributed by atoms with Gasteiger partial charge in [-0.25, -0.2) is 0 Å². The highest BCUT2D eigenvalue weighted by atomic mass is 15.2. The van der Waals surface area contributed by atoms with Crippen LogP contribution in [0.4, 0.5) is 0 Å². The number of piperazine rings is 1. The van der Waals surface area contributed by atoms with Crippen LogP contribution >= 0.6 is 0 Å². The average Bonchev–Trinajstić information content (AvgIpc) is 2.49. The van der Waals surface area contributed by atoms with Crippen molar-refractivity contribution < 1.29 is 0 Å². The lowest BCUT2D eigenvalue weighted by Crippen LogP contribution is -2.45. The third-order valence-corrected chi connectivity index (χ3v) is 4.38. The molecule has 1 aliphatic rings. The zero-order valence-electron chi connectivity index (χ0n) is 13.4. The summed E-state index contributed by atoms with van der Waals surface area (Å²) in [5, 5.41) is 3.46. The number of nitrogens with zero attached hydrogens (tertiary/aromatic N) is 1. The fourth-order valence-corrected chi connectivity index (χ4v) is 3.02. The SMILES string of the molecule is CCc1ccc([C@@H](CCC(C)C)N2CCNCC2)cc1. The minimum atomic E-state index is 0.602. The fraction of sp³-hybridized carbons (Fsp3) is 0.667. The Morgan fingerprint density at radius 1 is 1.05 bits per heavy atom. The van der Waals surface area contributed by atoms with E-state index >= 15 is 0 Å². The van der Waals surface area contributed by atoms with E-state index in [1.807, 2.05) is 0 Å². The Kier molecular flexibility index (Phi) is 6.06. The Labute approximate surface area is 124 Å². The quantitative estimate of drug-likeness (QED) is 0.852. The van der Waals surface area contributed by atoms with Crippen LogP contribution in [-0.2, 0) is 6.42 Å². The van der Waals surface area contributed by atoms with Gasteiger partial charge in [-0.2, -0.15) is 0 Å². The molecule has 1 atom stereocenters. The van der Waals surface area contributed by atoms with E-state index in [1.165, 1.54) is 37.1 Å². The first-order valence-electron chi connectivity index (χ1n) is 8.24. The van der Waals surface area contributed by atoms with Crippen molar-refractivity contribution in [2.75, 3.05) is 26.2 Å². The molecule has 0 saturated carbocycles. The predicted octanol–water partition coefficient (Wildman–Crippen LogP) is 3.63. The third kappa shape index (κ3) is 4.32. The molecule has 0 aromatic heterocycles. The second-order valence-corrected chi connectivity index (χ2v) is 6.37. The second-order valence-electron chi connectivity index (χ2n) is 6.37. The van der Waals surface area contributed by atoms with Crippen LogP contribution in [0.25, 0.3) is 0 Å². The van der Waals surface area contributed by atoms with Gasteiger partial charge in [-0.05, 0) is 36.3 Å². The molecule has 1 aromatic carbocycles. The van der Waals surface area contributed by atoms with E-state index in [1.54, 1.807) is 0 Å². The van der Waals surface area contributed by atoms with E-state index in [9.17, 15) is 0 Å². The molecule has 0 spiro atoms. The van der Waals surface area contributed by atoms with Crippen molar-refractivity contribution in [1.82, 2.24) is 10.2 Å². The van der Waals surface area contributed by atoms with Crippen molar-refractivity contribution in [1.29, 1.82) is 0 Å². The van der Waals surface area contributed by atoms with Gasteiger partial charge >= 0.3 is 0 Å². The van der Waals surface area contributed by atoms with E-state index < -0.39 is 0 Å². The number of aryl methyl sites for hydroxylation is 1. The van der Waals surface area contributed by atoms with Gasteiger partial charge in [0.15, 0.2) is 0 Å². The highest BCUT2D eigenvalue weighted by Gasteiger charge is 2.22. The molecule has 2 rings (SSSR count). The van der Waals surface area contributed by atoms with Gasteiger partial charge in [-0.3, -0.25) is 4.90 Å². The van der Waals surface area contributed by atoms with E-state index in [0.717, 1.165) is 25.4 Å². The van der Waals surface area contributed by atoms with Crippen molar-refractivity contribution >= 4 is 0 Å². The molecule has 0 radical (unpaired) electrons. The van der Waals surface area contributed by atoms with Gasteiger partial charge in [0.05, 0.1) is 0 Å². The molecule has 0 aliphatic carbocycles. The smallest absolute Gasteiger partial charge is 0.0349 e. The van der Waals surface area contributed by atoms with Gasteiger partial charge in [0.1, 0.15) is 0 Å². The number of hydrogen-bond acceptors (Lipinski definition) is 2.